The van der Waals surface area contributed by atoms with Crippen molar-refractivity contribution in [2.24, 2.45) is 11.8 Å². The predicted octanol–water partition coefficient (Wildman–Crippen LogP) is 2.23. The van der Waals surface area contributed by atoms with Gasteiger partial charge in [-0.2, -0.15) is 0 Å². The lowest BCUT2D eigenvalue weighted by Crippen LogP contribution is -2.38. The molecule has 1 aromatic rings. The van der Waals surface area contributed by atoms with Crippen molar-refractivity contribution in [3.63, 3.8) is 0 Å². The zero-order valence-corrected chi connectivity index (χ0v) is 10.3. The Kier molecular flexibility index (Phi) is 3.48. The molecule has 3 nitrogen and oxygen atoms in total. The molecular weight excluding hydrogens is 214 g/mol. The first-order valence-corrected chi connectivity index (χ1v) is 6.10. The van der Waals surface area contributed by atoms with E-state index < -0.39 is 5.97 Å². The van der Waals surface area contributed by atoms with Crippen LogP contribution in [0, 0.1) is 11.8 Å². The quantitative estimate of drug-likeness (QED) is 0.870. The molecule has 0 aromatic heterocycles. The third-order valence-corrected chi connectivity index (χ3v) is 3.79. The Morgan fingerprint density at radius 3 is 2.59 bits per heavy atom. The fourth-order valence-corrected chi connectivity index (χ4v) is 2.66. The van der Waals surface area contributed by atoms with Gasteiger partial charge in [0.15, 0.2) is 0 Å². The molecule has 0 radical (unpaired) electrons. The molecule has 2 rings (SSSR count). The van der Waals surface area contributed by atoms with Gasteiger partial charge in [-0.25, -0.2) is 0 Å². The van der Waals surface area contributed by atoms with Crippen LogP contribution in [0.1, 0.15) is 19.4 Å². The number of carboxylic acid groups (broad SMARTS) is 1. The van der Waals surface area contributed by atoms with Gasteiger partial charge < -0.3 is 5.11 Å². The van der Waals surface area contributed by atoms with Crippen LogP contribution in [0.5, 0.6) is 0 Å². The molecule has 1 N–H and O–H groups in total. The molecule has 0 bridgehead atoms. The van der Waals surface area contributed by atoms with Gasteiger partial charge in [-0.05, 0) is 17.4 Å². The van der Waals surface area contributed by atoms with E-state index in [0.717, 1.165) is 13.1 Å². The number of rotatable bonds is 3. The maximum Gasteiger partial charge on any atom is 0.321 e. The van der Waals surface area contributed by atoms with E-state index in [-0.39, 0.29) is 12.0 Å². The second-order valence-corrected chi connectivity index (χ2v) is 5.03. The van der Waals surface area contributed by atoms with E-state index in [0.29, 0.717) is 5.92 Å². The number of aliphatic carboxylic acids is 1. The summed E-state index contributed by atoms with van der Waals surface area (Å²) in [5.74, 6) is -0.0335. The largest absolute Gasteiger partial charge is 0.480 e. The molecule has 1 fully saturated rings. The van der Waals surface area contributed by atoms with Gasteiger partial charge in [-0.3, -0.25) is 9.69 Å². The van der Waals surface area contributed by atoms with Crippen molar-refractivity contribution in [3.05, 3.63) is 35.9 Å². The molecule has 1 heterocycles. The number of hydrogen-bond acceptors (Lipinski definition) is 2. The van der Waals surface area contributed by atoms with E-state index in [1.807, 2.05) is 37.3 Å². The highest BCUT2D eigenvalue weighted by Crippen LogP contribution is 2.30. The summed E-state index contributed by atoms with van der Waals surface area (Å²) in [5, 5.41) is 9.31. The number of carboxylic acids is 1. The van der Waals surface area contributed by atoms with Gasteiger partial charge in [0.05, 0.1) is 0 Å². The van der Waals surface area contributed by atoms with Crippen LogP contribution in [0.15, 0.2) is 30.3 Å². The Labute approximate surface area is 102 Å². The highest BCUT2D eigenvalue weighted by Gasteiger charge is 2.40. The van der Waals surface area contributed by atoms with E-state index in [1.165, 1.54) is 5.56 Å². The monoisotopic (exact) mass is 233 g/mol. The topological polar surface area (TPSA) is 40.5 Å². The van der Waals surface area contributed by atoms with E-state index in [1.54, 1.807) is 0 Å². The Bertz CT molecular complexity index is 390. The lowest BCUT2D eigenvalue weighted by Gasteiger charge is -2.22. The van der Waals surface area contributed by atoms with Crippen molar-refractivity contribution < 1.29 is 9.90 Å². The van der Waals surface area contributed by atoms with Crippen molar-refractivity contribution in [3.8, 4) is 0 Å². The van der Waals surface area contributed by atoms with Crippen LogP contribution in [0.25, 0.3) is 0 Å². The first-order valence-electron chi connectivity index (χ1n) is 6.10. The highest BCUT2D eigenvalue weighted by atomic mass is 16.4. The van der Waals surface area contributed by atoms with E-state index in [4.69, 9.17) is 0 Å². The third kappa shape index (κ3) is 2.50. The summed E-state index contributed by atoms with van der Waals surface area (Å²) in [5.41, 5.74) is 1.18. The van der Waals surface area contributed by atoms with Crippen molar-refractivity contribution in [1.82, 2.24) is 4.90 Å². The summed E-state index contributed by atoms with van der Waals surface area (Å²) in [6.07, 6.45) is 0. The zero-order chi connectivity index (χ0) is 12.4. The molecular formula is C14H19NO2. The van der Waals surface area contributed by atoms with Crippen LogP contribution in [-0.2, 0) is 11.3 Å². The highest BCUT2D eigenvalue weighted by molar-refractivity contribution is 5.74. The molecule has 1 aliphatic heterocycles. The van der Waals surface area contributed by atoms with Crippen LogP contribution in [0.4, 0.5) is 0 Å². The molecule has 1 saturated heterocycles. The average molecular weight is 233 g/mol. The Morgan fingerprint density at radius 2 is 2.00 bits per heavy atom. The first kappa shape index (κ1) is 12.1. The van der Waals surface area contributed by atoms with Gasteiger partial charge in [0.2, 0.25) is 0 Å². The number of carbonyl (C=O) groups is 1. The third-order valence-electron chi connectivity index (χ3n) is 3.79. The fraction of sp³-hybridized carbons (Fsp3) is 0.500. The van der Waals surface area contributed by atoms with Gasteiger partial charge in [0.25, 0.3) is 0 Å². The Morgan fingerprint density at radius 1 is 1.35 bits per heavy atom. The number of hydrogen-bond donors (Lipinski definition) is 1. The summed E-state index contributed by atoms with van der Waals surface area (Å²) in [6.45, 7) is 5.76. The minimum atomic E-state index is -0.696. The van der Waals surface area contributed by atoms with Crippen LogP contribution < -0.4 is 0 Å². The molecule has 0 spiro atoms. The van der Waals surface area contributed by atoms with Crippen LogP contribution in [-0.4, -0.2) is 28.6 Å². The van der Waals surface area contributed by atoms with Gasteiger partial charge in [0, 0.05) is 13.1 Å². The molecule has 0 unspecified atom stereocenters. The zero-order valence-electron chi connectivity index (χ0n) is 10.3. The lowest BCUT2D eigenvalue weighted by molar-refractivity contribution is -0.143. The summed E-state index contributed by atoms with van der Waals surface area (Å²) in [7, 11) is 0. The summed E-state index contributed by atoms with van der Waals surface area (Å²) in [6, 6.07) is 9.72. The summed E-state index contributed by atoms with van der Waals surface area (Å²) < 4.78 is 0. The number of likely N-dealkylation sites (tertiary alicyclic amines) is 1. The molecule has 0 aliphatic carbocycles. The predicted molar refractivity (Wildman–Crippen MR) is 66.6 cm³/mol. The van der Waals surface area contributed by atoms with E-state index in [9.17, 15) is 9.90 Å². The molecule has 92 valence electrons. The normalized spacial score (nSPS) is 29.4. The molecule has 17 heavy (non-hydrogen) atoms. The molecule has 3 atom stereocenters. The maximum atomic E-state index is 11.3. The molecule has 1 aliphatic rings. The number of nitrogens with zero attached hydrogens (tertiary/aromatic N) is 1. The lowest BCUT2D eigenvalue weighted by atomic mass is 9.94. The van der Waals surface area contributed by atoms with Gasteiger partial charge >= 0.3 is 5.97 Å². The molecule has 0 saturated carbocycles. The van der Waals surface area contributed by atoms with Gasteiger partial charge in [-0.15, -0.1) is 0 Å². The first-order chi connectivity index (χ1) is 8.09. The second kappa shape index (κ2) is 4.88. The fourth-order valence-electron chi connectivity index (χ4n) is 2.66. The van der Waals surface area contributed by atoms with Gasteiger partial charge in [-0.1, -0.05) is 44.2 Å². The van der Waals surface area contributed by atoms with Crippen molar-refractivity contribution in [2.45, 2.75) is 26.4 Å². The molecule has 0 amide bonds. The van der Waals surface area contributed by atoms with Gasteiger partial charge in [0.1, 0.15) is 6.04 Å². The molecule has 1 aromatic carbocycles. The van der Waals surface area contributed by atoms with Crippen LogP contribution in [0.2, 0.25) is 0 Å². The van der Waals surface area contributed by atoms with E-state index >= 15 is 0 Å². The Balaban J connectivity index is 2.12. The number of benzene rings is 1. The Hall–Kier alpha value is -1.35. The minimum absolute atomic E-state index is 0.219. The van der Waals surface area contributed by atoms with Crippen LogP contribution in [0.3, 0.4) is 0 Å². The van der Waals surface area contributed by atoms with Crippen LogP contribution >= 0.6 is 0 Å². The second-order valence-electron chi connectivity index (χ2n) is 5.03. The maximum absolute atomic E-state index is 11.3. The SMILES string of the molecule is C[C@@H]1[C@@H](C(=O)O)N(Cc2ccccc2)C[C@@H]1C. The van der Waals surface area contributed by atoms with Crippen molar-refractivity contribution >= 4 is 5.97 Å². The standard InChI is InChI=1S/C14H19NO2/c1-10-8-15(13(11(10)2)14(16)17)9-12-6-4-3-5-7-12/h3-7,10-11,13H,8-9H2,1-2H3,(H,16,17)/t10-,11-,13-/m0/s1. The van der Waals surface area contributed by atoms with Crippen molar-refractivity contribution in [2.75, 3.05) is 6.54 Å². The minimum Gasteiger partial charge on any atom is -0.480 e. The van der Waals surface area contributed by atoms with E-state index in [2.05, 4.69) is 11.8 Å². The summed E-state index contributed by atoms with van der Waals surface area (Å²) >= 11 is 0. The van der Waals surface area contributed by atoms with Crippen molar-refractivity contribution in [1.29, 1.82) is 0 Å². The smallest absolute Gasteiger partial charge is 0.321 e. The summed E-state index contributed by atoms with van der Waals surface area (Å²) in [4.78, 5) is 13.4. The average Bonchev–Trinajstić information content (AvgIpc) is 2.56. The molecule has 3 heteroatoms.